The summed E-state index contributed by atoms with van der Waals surface area (Å²) in [5.74, 6) is 0.456. The van der Waals surface area contributed by atoms with E-state index in [1.165, 1.54) is 6.92 Å². The second-order valence-corrected chi connectivity index (χ2v) is 5.66. The normalized spacial score (nSPS) is 10.5. The third-order valence-electron chi connectivity index (χ3n) is 3.50. The molecule has 3 rings (SSSR count). The van der Waals surface area contributed by atoms with Crippen LogP contribution in [-0.4, -0.2) is 21.0 Å². The first kappa shape index (κ1) is 20.0. The van der Waals surface area contributed by atoms with Crippen LogP contribution in [0, 0.1) is 0 Å². The van der Waals surface area contributed by atoms with Gasteiger partial charge in [-0.1, -0.05) is 9.80 Å². The summed E-state index contributed by atoms with van der Waals surface area (Å²) in [5, 5.41) is 22.1. The number of benzene rings is 2. The minimum absolute atomic E-state index is 0. The maximum Gasteiger partial charge on any atom is 0.423 e. The Labute approximate surface area is 162 Å². The van der Waals surface area contributed by atoms with Gasteiger partial charge in [-0.15, -0.1) is 4.68 Å². The molecule has 1 amide bonds. The zero-order valence-electron chi connectivity index (χ0n) is 15.1. The lowest BCUT2D eigenvalue weighted by atomic mass is 10.2. The summed E-state index contributed by atoms with van der Waals surface area (Å²) in [7, 11) is 3.51. The van der Waals surface area contributed by atoms with Crippen molar-refractivity contribution in [2.75, 3.05) is 10.6 Å². The van der Waals surface area contributed by atoms with Gasteiger partial charge in [0.25, 0.3) is 0 Å². The Morgan fingerprint density at radius 3 is 2.07 bits per heavy atom. The number of tetrazole rings is 1. The molecule has 3 aromatic rings. The van der Waals surface area contributed by atoms with Gasteiger partial charge in [-0.05, 0) is 48.5 Å². The van der Waals surface area contributed by atoms with Gasteiger partial charge in [-0.3, -0.25) is 4.79 Å². The van der Waals surface area contributed by atoms with E-state index in [1.807, 2.05) is 48.5 Å². The van der Waals surface area contributed by atoms with Gasteiger partial charge in [0.2, 0.25) is 5.91 Å². The van der Waals surface area contributed by atoms with Crippen LogP contribution in [0.4, 0.5) is 28.7 Å². The third-order valence-corrected chi connectivity index (χ3v) is 3.50. The van der Waals surface area contributed by atoms with E-state index < -0.39 is 0 Å². The van der Waals surface area contributed by atoms with Crippen molar-refractivity contribution in [2.45, 2.75) is 6.92 Å². The highest BCUT2D eigenvalue weighted by Crippen LogP contribution is 2.22. The fraction of sp³-hybridized carbons (Fsp3) is 0.176. The van der Waals surface area contributed by atoms with Gasteiger partial charge in [0.15, 0.2) is 0 Å². The molecule has 0 saturated heterocycles. The molecule has 1 heterocycles. The van der Waals surface area contributed by atoms with Crippen molar-refractivity contribution in [3.63, 3.8) is 0 Å². The van der Waals surface area contributed by atoms with Crippen LogP contribution < -0.4 is 27.7 Å². The van der Waals surface area contributed by atoms with Crippen LogP contribution in [0.1, 0.15) is 6.92 Å². The molecule has 2 N–H and O–H groups in total. The monoisotopic (exact) mass is 386 g/mol. The van der Waals surface area contributed by atoms with Gasteiger partial charge in [0.1, 0.15) is 5.21 Å². The molecular formula is C17H19ClN8O. The number of hydrogen-bond donors (Lipinski definition) is 2. The van der Waals surface area contributed by atoms with Crippen LogP contribution >= 0.6 is 0 Å². The number of halogens is 1. The molecule has 0 bridgehead atoms. The van der Waals surface area contributed by atoms with E-state index in [4.69, 9.17) is 0 Å². The second kappa shape index (κ2) is 8.86. The van der Waals surface area contributed by atoms with E-state index in [1.54, 1.807) is 23.5 Å². The highest BCUT2D eigenvalue weighted by atomic mass is 35.5. The van der Waals surface area contributed by atoms with Crippen LogP contribution in [0.5, 0.6) is 0 Å². The van der Waals surface area contributed by atoms with Crippen LogP contribution in [-0.2, 0) is 18.9 Å². The number of carbonyl (C=O) groups is 1. The predicted octanol–water partition coefficient (Wildman–Crippen LogP) is -0.239. The van der Waals surface area contributed by atoms with Crippen molar-refractivity contribution < 1.29 is 21.9 Å². The van der Waals surface area contributed by atoms with E-state index in [2.05, 4.69) is 31.3 Å². The molecule has 0 fully saturated rings. The first-order valence-corrected chi connectivity index (χ1v) is 7.94. The van der Waals surface area contributed by atoms with Crippen LogP contribution in [0.2, 0.25) is 0 Å². The molecule has 0 aliphatic heterocycles. The molecule has 0 radical (unpaired) electrons. The van der Waals surface area contributed by atoms with E-state index >= 15 is 0 Å². The summed E-state index contributed by atoms with van der Waals surface area (Å²) in [6.07, 6.45) is 0. The lowest BCUT2D eigenvalue weighted by molar-refractivity contribution is -0.719. The molecule has 10 heteroatoms. The average Bonchev–Trinajstić information content (AvgIpc) is 2.94. The maximum absolute atomic E-state index is 11.0. The first-order valence-electron chi connectivity index (χ1n) is 7.94. The summed E-state index contributed by atoms with van der Waals surface area (Å²) < 4.78 is 3.09. The molecule has 0 spiro atoms. The van der Waals surface area contributed by atoms with Crippen molar-refractivity contribution >= 4 is 34.6 Å². The number of anilines is 3. The quantitative estimate of drug-likeness (QED) is 0.467. The van der Waals surface area contributed by atoms with Crippen molar-refractivity contribution in [3.05, 3.63) is 48.5 Å². The zero-order chi connectivity index (χ0) is 18.5. The van der Waals surface area contributed by atoms with E-state index in [0.29, 0.717) is 5.95 Å². The Balaban J connectivity index is 0.00000261. The van der Waals surface area contributed by atoms with Gasteiger partial charge >= 0.3 is 5.95 Å². The molecule has 0 saturated carbocycles. The number of rotatable bonds is 5. The summed E-state index contributed by atoms with van der Waals surface area (Å²) in [4.78, 5) is 11.0. The fourth-order valence-electron chi connectivity index (χ4n) is 2.26. The van der Waals surface area contributed by atoms with Gasteiger partial charge in [-0.25, -0.2) is 0 Å². The zero-order valence-corrected chi connectivity index (χ0v) is 15.8. The Bertz CT molecular complexity index is 915. The maximum atomic E-state index is 11.0. The Hall–Kier alpha value is -3.33. The smallest absolute Gasteiger partial charge is 0.423 e. The first-order chi connectivity index (χ1) is 12.5. The van der Waals surface area contributed by atoms with Crippen LogP contribution in [0.25, 0.3) is 0 Å². The molecule has 9 nitrogen and oxygen atoms in total. The number of carbonyl (C=O) groups excluding carboxylic acids is 1. The SMILES string of the molecule is CC(=O)Nc1ccc(Nc2ccc(N=Nc3n(C)nn[n+]3C)cc2)cc1.[Cl-]. The fourth-order valence-corrected chi connectivity index (χ4v) is 2.26. The third kappa shape index (κ3) is 5.32. The molecule has 1 aromatic heterocycles. The number of amides is 1. The van der Waals surface area contributed by atoms with Crippen molar-refractivity contribution in [1.29, 1.82) is 0 Å². The molecule has 0 aliphatic rings. The number of nitrogens with one attached hydrogen (secondary N) is 2. The predicted molar refractivity (Wildman–Crippen MR) is 96.8 cm³/mol. The minimum Gasteiger partial charge on any atom is -1.00 e. The highest BCUT2D eigenvalue weighted by molar-refractivity contribution is 5.88. The van der Waals surface area contributed by atoms with Gasteiger partial charge < -0.3 is 23.0 Å². The summed E-state index contributed by atoms with van der Waals surface area (Å²) >= 11 is 0. The summed E-state index contributed by atoms with van der Waals surface area (Å²) in [6, 6.07) is 15.0. The molecule has 2 aromatic carbocycles. The molecule has 0 atom stereocenters. The number of aryl methyl sites for hydroxylation is 2. The van der Waals surface area contributed by atoms with Gasteiger partial charge in [-0.2, -0.15) is 0 Å². The number of aromatic nitrogens is 4. The van der Waals surface area contributed by atoms with E-state index in [0.717, 1.165) is 22.7 Å². The Morgan fingerprint density at radius 2 is 1.56 bits per heavy atom. The molecule has 0 aliphatic carbocycles. The van der Waals surface area contributed by atoms with Gasteiger partial charge in [0, 0.05) is 29.1 Å². The molecule has 0 unspecified atom stereocenters. The highest BCUT2D eigenvalue weighted by Gasteiger charge is 2.13. The van der Waals surface area contributed by atoms with Crippen molar-refractivity contribution in [1.82, 2.24) is 15.1 Å². The number of hydrogen-bond acceptors (Lipinski definition) is 6. The Morgan fingerprint density at radius 1 is 1.00 bits per heavy atom. The standard InChI is InChI=1S/C17H18N8O.ClH/c1-12(26)18-13-4-6-14(7-5-13)19-15-8-10-16(11-9-15)20-21-17-24(2)22-23-25(17)3;/h4-11H,1-3H3,(H,18,20,26);1H. The topological polar surface area (TPSA) is 100 Å². The summed E-state index contributed by atoms with van der Waals surface area (Å²) in [6.45, 7) is 1.48. The lowest BCUT2D eigenvalue weighted by Gasteiger charge is -2.08. The van der Waals surface area contributed by atoms with Crippen LogP contribution in [0.15, 0.2) is 58.8 Å². The Kier molecular flexibility index (Phi) is 6.56. The van der Waals surface area contributed by atoms with E-state index in [9.17, 15) is 4.79 Å². The largest absolute Gasteiger partial charge is 1.00 e. The van der Waals surface area contributed by atoms with E-state index in [-0.39, 0.29) is 18.3 Å². The average molecular weight is 387 g/mol. The second-order valence-electron chi connectivity index (χ2n) is 5.66. The lowest BCUT2D eigenvalue weighted by Crippen LogP contribution is -3.00. The summed E-state index contributed by atoms with van der Waals surface area (Å²) in [5.41, 5.74) is 3.32. The molecule has 140 valence electrons. The number of azo groups is 1. The molecular weight excluding hydrogens is 368 g/mol. The minimum atomic E-state index is -0.0917. The van der Waals surface area contributed by atoms with Gasteiger partial charge in [0.05, 0.1) is 25.0 Å². The number of nitrogens with zero attached hydrogens (tertiary/aromatic N) is 6. The van der Waals surface area contributed by atoms with Crippen molar-refractivity contribution in [2.24, 2.45) is 24.3 Å². The van der Waals surface area contributed by atoms with Crippen molar-refractivity contribution in [3.8, 4) is 0 Å². The van der Waals surface area contributed by atoms with Crippen LogP contribution in [0.3, 0.4) is 0 Å². The molecule has 27 heavy (non-hydrogen) atoms.